The summed E-state index contributed by atoms with van der Waals surface area (Å²) in [6.45, 7) is 1.06. The molecule has 1 aliphatic rings. The Morgan fingerprint density at radius 1 is 0.966 bits per heavy atom. The first kappa shape index (κ1) is 19.6. The van der Waals surface area contributed by atoms with E-state index in [1.54, 1.807) is 58.4 Å². The van der Waals surface area contributed by atoms with Crippen molar-refractivity contribution in [1.29, 1.82) is 0 Å². The van der Waals surface area contributed by atoms with Gasteiger partial charge >= 0.3 is 0 Å². The monoisotopic (exact) mass is 431 g/mol. The van der Waals surface area contributed by atoms with E-state index in [9.17, 15) is 13.2 Å². The molecule has 4 rings (SSSR count). The maximum atomic E-state index is 12.8. The minimum absolute atomic E-state index is 0.0881. The van der Waals surface area contributed by atoms with Gasteiger partial charge in [0.1, 0.15) is 17.6 Å². The van der Waals surface area contributed by atoms with Crippen molar-refractivity contribution in [3.63, 3.8) is 0 Å². The smallest absolute Gasteiger partial charge is 0.253 e. The molecule has 1 amide bonds. The Hall–Kier alpha value is -2.75. The van der Waals surface area contributed by atoms with Crippen LogP contribution in [0, 0.1) is 0 Å². The van der Waals surface area contributed by atoms with Crippen molar-refractivity contribution in [2.24, 2.45) is 0 Å². The summed E-state index contributed by atoms with van der Waals surface area (Å²) in [5, 5.41) is 4.24. The van der Waals surface area contributed by atoms with E-state index in [4.69, 9.17) is 11.6 Å². The lowest BCUT2D eigenvalue weighted by Crippen LogP contribution is -2.50. The second kappa shape index (κ2) is 7.94. The largest absolute Gasteiger partial charge is 0.336 e. The van der Waals surface area contributed by atoms with Crippen LogP contribution in [-0.4, -0.2) is 64.5 Å². The van der Waals surface area contributed by atoms with Gasteiger partial charge in [-0.15, -0.1) is 0 Å². The van der Waals surface area contributed by atoms with E-state index in [-0.39, 0.29) is 28.9 Å². The standard InChI is InChI=1S/C19H18ClN5O3S/c20-17-3-1-2-4-18(17)29(27,28)24-11-9-23(10-12-24)19(26)15-5-7-16(8-6-15)25-14-21-13-22-25/h1-8,13-14H,9-12H2. The van der Waals surface area contributed by atoms with Crippen LogP contribution in [0.1, 0.15) is 10.4 Å². The Morgan fingerprint density at radius 3 is 2.28 bits per heavy atom. The zero-order valence-electron chi connectivity index (χ0n) is 15.3. The molecule has 29 heavy (non-hydrogen) atoms. The van der Waals surface area contributed by atoms with Gasteiger partial charge in [0.15, 0.2) is 0 Å². The number of halogens is 1. The lowest BCUT2D eigenvalue weighted by atomic mass is 10.1. The molecule has 0 saturated carbocycles. The predicted octanol–water partition coefficient (Wildman–Crippen LogP) is 2.07. The number of hydrogen-bond donors (Lipinski definition) is 0. The van der Waals surface area contributed by atoms with Crippen LogP contribution in [0.3, 0.4) is 0 Å². The van der Waals surface area contributed by atoms with Gasteiger partial charge in [0.25, 0.3) is 5.91 Å². The van der Waals surface area contributed by atoms with Crippen LogP contribution in [0.5, 0.6) is 0 Å². The molecule has 8 nitrogen and oxygen atoms in total. The molecule has 0 aliphatic carbocycles. The fourth-order valence-corrected chi connectivity index (χ4v) is 5.12. The summed E-state index contributed by atoms with van der Waals surface area (Å²) >= 11 is 6.06. The third kappa shape index (κ3) is 3.89. The number of rotatable bonds is 4. The van der Waals surface area contributed by atoms with E-state index < -0.39 is 10.0 Å². The topological polar surface area (TPSA) is 88.4 Å². The lowest BCUT2D eigenvalue weighted by Gasteiger charge is -2.34. The molecule has 0 bridgehead atoms. The first-order valence-electron chi connectivity index (χ1n) is 8.96. The molecule has 2 aromatic carbocycles. The molecule has 1 fully saturated rings. The SMILES string of the molecule is O=C(c1ccc(-n2cncn2)cc1)N1CCN(S(=O)(=O)c2ccccc2Cl)CC1. The summed E-state index contributed by atoms with van der Waals surface area (Å²) < 4.78 is 28.6. The molecule has 1 aliphatic heterocycles. The average molecular weight is 432 g/mol. The molecule has 0 N–H and O–H groups in total. The Kier molecular flexibility index (Phi) is 5.35. The molecule has 0 unspecified atom stereocenters. The molecule has 1 aromatic heterocycles. The molecular weight excluding hydrogens is 414 g/mol. The average Bonchev–Trinajstić information content (AvgIpc) is 3.28. The van der Waals surface area contributed by atoms with E-state index in [0.29, 0.717) is 18.7 Å². The van der Waals surface area contributed by atoms with E-state index in [1.807, 2.05) is 0 Å². The molecular formula is C19H18ClN5O3S. The first-order valence-corrected chi connectivity index (χ1v) is 10.8. The van der Waals surface area contributed by atoms with Crippen molar-refractivity contribution in [2.45, 2.75) is 4.90 Å². The van der Waals surface area contributed by atoms with Gasteiger partial charge in [-0.3, -0.25) is 4.79 Å². The Bertz CT molecular complexity index is 1110. The van der Waals surface area contributed by atoms with E-state index in [1.165, 1.54) is 16.7 Å². The number of piperazine rings is 1. The molecule has 2 heterocycles. The Morgan fingerprint density at radius 2 is 1.66 bits per heavy atom. The summed E-state index contributed by atoms with van der Waals surface area (Å²) in [5.41, 5.74) is 1.34. The maximum absolute atomic E-state index is 12.8. The fraction of sp³-hybridized carbons (Fsp3) is 0.211. The highest BCUT2D eigenvalue weighted by molar-refractivity contribution is 7.89. The summed E-state index contributed by atoms with van der Waals surface area (Å²) in [4.78, 5) is 18.4. The highest BCUT2D eigenvalue weighted by atomic mass is 35.5. The van der Waals surface area contributed by atoms with Crippen molar-refractivity contribution in [2.75, 3.05) is 26.2 Å². The summed E-state index contributed by atoms with van der Waals surface area (Å²) in [7, 11) is -3.69. The number of aromatic nitrogens is 3. The summed E-state index contributed by atoms with van der Waals surface area (Å²) in [6.07, 6.45) is 3.02. The molecule has 3 aromatic rings. The number of carbonyl (C=O) groups excluding carboxylic acids is 1. The van der Waals surface area contributed by atoms with Crippen molar-refractivity contribution >= 4 is 27.5 Å². The zero-order valence-corrected chi connectivity index (χ0v) is 16.9. The quantitative estimate of drug-likeness (QED) is 0.631. The highest BCUT2D eigenvalue weighted by Gasteiger charge is 2.31. The van der Waals surface area contributed by atoms with Crippen molar-refractivity contribution in [3.05, 3.63) is 71.8 Å². The summed E-state index contributed by atoms with van der Waals surface area (Å²) in [6, 6.07) is 13.4. The third-order valence-electron chi connectivity index (χ3n) is 4.78. The van der Waals surface area contributed by atoms with Crippen LogP contribution in [0.4, 0.5) is 0 Å². The second-order valence-corrected chi connectivity index (χ2v) is 8.83. The van der Waals surface area contributed by atoms with Crippen molar-refractivity contribution < 1.29 is 13.2 Å². The highest BCUT2D eigenvalue weighted by Crippen LogP contribution is 2.25. The number of nitrogens with zero attached hydrogens (tertiary/aromatic N) is 5. The molecule has 1 saturated heterocycles. The Balaban J connectivity index is 1.43. The van der Waals surface area contributed by atoms with Gasteiger partial charge in [-0.05, 0) is 36.4 Å². The van der Waals surface area contributed by atoms with E-state index in [2.05, 4.69) is 10.1 Å². The molecule has 150 valence electrons. The fourth-order valence-electron chi connectivity index (χ4n) is 3.21. The molecule has 10 heteroatoms. The minimum atomic E-state index is -3.69. The molecule has 0 radical (unpaired) electrons. The molecule has 0 spiro atoms. The van der Waals surface area contributed by atoms with Gasteiger partial charge in [0.2, 0.25) is 10.0 Å². The predicted molar refractivity (Wildman–Crippen MR) is 107 cm³/mol. The second-order valence-electron chi connectivity index (χ2n) is 6.51. The number of sulfonamides is 1. The lowest BCUT2D eigenvalue weighted by molar-refractivity contribution is 0.0698. The van der Waals surface area contributed by atoms with Crippen LogP contribution in [-0.2, 0) is 10.0 Å². The van der Waals surface area contributed by atoms with Gasteiger partial charge in [0.05, 0.1) is 10.7 Å². The van der Waals surface area contributed by atoms with Crippen LogP contribution < -0.4 is 0 Å². The van der Waals surface area contributed by atoms with Gasteiger partial charge in [0, 0.05) is 31.7 Å². The number of hydrogen-bond acceptors (Lipinski definition) is 5. The van der Waals surface area contributed by atoms with E-state index >= 15 is 0 Å². The summed E-state index contributed by atoms with van der Waals surface area (Å²) in [5.74, 6) is -0.134. The van der Waals surface area contributed by atoms with Crippen LogP contribution in [0.25, 0.3) is 5.69 Å². The first-order chi connectivity index (χ1) is 14.0. The Labute approximate surface area is 173 Å². The van der Waals surface area contributed by atoms with Gasteiger partial charge in [-0.2, -0.15) is 9.40 Å². The van der Waals surface area contributed by atoms with Gasteiger partial charge < -0.3 is 4.90 Å². The third-order valence-corrected chi connectivity index (χ3v) is 7.18. The number of amides is 1. The van der Waals surface area contributed by atoms with Crippen LogP contribution in [0.2, 0.25) is 5.02 Å². The minimum Gasteiger partial charge on any atom is -0.336 e. The maximum Gasteiger partial charge on any atom is 0.253 e. The van der Waals surface area contributed by atoms with Crippen LogP contribution >= 0.6 is 11.6 Å². The molecule has 0 atom stereocenters. The van der Waals surface area contributed by atoms with Gasteiger partial charge in [-0.25, -0.2) is 18.1 Å². The van der Waals surface area contributed by atoms with Crippen LogP contribution in [0.15, 0.2) is 66.1 Å². The zero-order chi connectivity index (χ0) is 20.4. The van der Waals surface area contributed by atoms with Crippen molar-refractivity contribution in [3.8, 4) is 5.69 Å². The van der Waals surface area contributed by atoms with E-state index in [0.717, 1.165) is 5.69 Å². The number of carbonyl (C=O) groups is 1. The number of benzene rings is 2. The van der Waals surface area contributed by atoms with Gasteiger partial charge in [-0.1, -0.05) is 23.7 Å². The normalized spacial score (nSPS) is 15.4. The van der Waals surface area contributed by atoms with Crippen molar-refractivity contribution in [1.82, 2.24) is 24.0 Å².